The second-order valence-corrected chi connectivity index (χ2v) is 4.96. The number of hydrogen-bond donors (Lipinski definition) is 2. The molecule has 1 amide bonds. The smallest absolute Gasteiger partial charge is 0.239 e. The first kappa shape index (κ1) is 13.5. The lowest BCUT2D eigenvalue weighted by Gasteiger charge is -2.31. The van der Waals surface area contributed by atoms with E-state index in [1.54, 1.807) is 7.11 Å². The lowest BCUT2D eigenvalue weighted by atomic mass is 9.98. The highest BCUT2D eigenvalue weighted by molar-refractivity contribution is 5.84. The molecule has 1 atom stereocenters. The molecule has 1 saturated carbocycles. The summed E-state index contributed by atoms with van der Waals surface area (Å²) in [7, 11) is 1.59. The van der Waals surface area contributed by atoms with Crippen LogP contribution < -0.4 is 11.1 Å². The molecule has 1 aliphatic carbocycles. The molecule has 1 aliphatic rings. The van der Waals surface area contributed by atoms with Gasteiger partial charge < -0.3 is 10.5 Å². The van der Waals surface area contributed by atoms with Gasteiger partial charge in [0.15, 0.2) is 0 Å². The van der Waals surface area contributed by atoms with Gasteiger partial charge in [0.1, 0.15) is 5.54 Å². The number of carbonyl (C=O) groups excluding carboxylic acids is 1. The van der Waals surface area contributed by atoms with Crippen LogP contribution in [-0.4, -0.2) is 31.2 Å². The summed E-state index contributed by atoms with van der Waals surface area (Å²) >= 11 is 0. The summed E-state index contributed by atoms with van der Waals surface area (Å²) in [6.07, 6.45) is 7.34. The Hall–Kier alpha value is -0.610. The third-order valence-corrected chi connectivity index (χ3v) is 3.35. The van der Waals surface area contributed by atoms with Gasteiger partial charge in [-0.1, -0.05) is 25.7 Å². The van der Waals surface area contributed by atoms with E-state index in [2.05, 4.69) is 5.32 Å². The normalized spacial score (nSPS) is 22.4. The van der Waals surface area contributed by atoms with Crippen molar-refractivity contribution in [3.8, 4) is 0 Å². The number of nitrogens with one attached hydrogen (secondary N) is 1. The van der Waals surface area contributed by atoms with E-state index in [0.29, 0.717) is 12.6 Å². The van der Waals surface area contributed by atoms with Crippen molar-refractivity contribution < 1.29 is 9.53 Å². The highest BCUT2D eigenvalue weighted by Gasteiger charge is 2.33. The first-order valence-electron chi connectivity index (χ1n) is 6.15. The standard InChI is InChI=1S/C12H24N2O2/c1-12(9-16-2,11(13)15)14-10-7-5-3-4-6-8-10/h10,14H,3-9H2,1-2H3,(H2,13,15). The first-order valence-corrected chi connectivity index (χ1v) is 6.15. The van der Waals surface area contributed by atoms with Crippen molar-refractivity contribution in [1.29, 1.82) is 0 Å². The summed E-state index contributed by atoms with van der Waals surface area (Å²) in [5, 5.41) is 3.37. The van der Waals surface area contributed by atoms with Gasteiger partial charge in [0.25, 0.3) is 0 Å². The van der Waals surface area contributed by atoms with Crippen molar-refractivity contribution in [2.45, 2.75) is 57.0 Å². The zero-order valence-corrected chi connectivity index (χ0v) is 10.4. The maximum Gasteiger partial charge on any atom is 0.239 e. The maximum absolute atomic E-state index is 11.5. The number of ether oxygens (including phenoxy) is 1. The van der Waals surface area contributed by atoms with Gasteiger partial charge in [-0.15, -0.1) is 0 Å². The Morgan fingerprint density at radius 3 is 2.38 bits per heavy atom. The van der Waals surface area contributed by atoms with Crippen molar-refractivity contribution in [3.63, 3.8) is 0 Å². The molecule has 4 nitrogen and oxygen atoms in total. The number of primary amides is 1. The van der Waals surface area contributed by atoms with Gasteiger partial charge in [-0.05, 0) is 19.8 Å². The summed E-state index contributed by atoms with van der Waals surface area (Å²) < 4.78 is 5.08. The molecule has 16 heavy (non-hydrogen) atoms. The van der Waals surface area contributed by atoms with Gasteiger partial charge in [-0.3, -0.25) is 10.1 Å². The van der Waals surface area contributed by atoms with Crippen LogP contribution in [0.4, 0.5) is 0 Å². The van der Waals surface area contributed by atoms with Crippen molar-refractivity contribution in [2.75, 3.05) is 13.7 Å². The van der Waals surface area contributed by atoms with Crippen LogP contribution in [0, 0.1) is 0 Å². The quantitative estimate of drug-likeness (QED) is 0.695. The Bertz CT molecular complexity index is 225. The van der Waals surface area contributed by atoms with Crippen molar-refractivity contribution in [3.05, 3.63) is 0 Å². The Balaban J connectivity index is 2.55. The predicted octanol–water partition coefficient (Wildman–Crippen LogP) is 1.19. The molecule has 1 unspecified atom stereocenters. The summed E-state index contributed by atoms with van der Waals surface area (Å²) in [5.74, 6) is -0.335. The number of amides is 1. The number of hydrogen-bond acceptors (Lipinski definition) is 3. The van der Waals surface area contributed by atoms with Gasteiger partial charge >= 0.3 is 0 Å². The van der Waals surface area contributed by atoms with E-state index in [1.165, 1.54) is 25.7 Å². The van der Waals surface area contributed by atoms with Crippen LogP contribution in [0.1, 0.15) is 45.4 Å². The first-order chi connectivity index (χ1) is 7.58. The van der Waals surface area contributed by atoms with Crippen LogP contribution in [0.5, 0.6) is 0 Å². The second-order valence-electron chi connectivity index (χ2n) is 4.96. The number of rotatable bonds is 5. The summed E-state index contributed by atoms with van der Waals surface area (Å²) in [6, 6.07) is 0.398. The average molecular weight is 228 g/mol. The highest BCUT2D eigenvalue weighted by atomic mass is 16.5. The van der Waals surface area contributed by atoms with E-state index in [4.69, 9.17) is 10.5 Å². The van der Waals surface area contributed by atoms with Crippen LogP contribution in [0.2, 0.25) is 0 Å². The SMILES string of the molecule is COCC(C)(NC1CCCCCC1)C(N)=O. The topological polar surface area (TPSA) is 64.3 Å². The van der Waals surface area contributed by atoms with Crippen molar-refractivity contribution in [1.82, 2.24) is 5.32 Å². The molecule has 1 fully saturated rings. The Kier molecular flexibility index (Phi) is 5.22. The molecule has 0 radical (unpaired) electrons. The fraction of sp³-hybridized carbons (Fsp3) is 0.917. The molecule has 0 bridgehead atoms. The van der Waals surface area contributed by atoms with Gasteiger partial charge in [-0.25, -0.2) is 0 Å². The Labute approximate surface area is 97.9 Å². The predicted molar refractivity (Wildman–Crippen MR) is 64.1 cm³/mol. The minimum absolute atomic E-state index is 0.332. The minimum Gasteiger partial charge on any atom is -0.382 e. The molecule has 0 aromatic heterocycles. The number of methoxy groups -OCH3 is 1. The molecule has 94 valence electrons. The van der Waals surface area contributed by atoms with Crippen LogP contribution in [0.3, 0.4) is 0 Å². The Morgan fingerprint density at radius 1 is 1.38 bits per heavy atom. The van der Waals surface area contributed by atoms with Gasteiger partial charge in [0, 0.05) is 13.2 Å². The highest BCUT2D eigenvalue weighted by Crippen LogP contribution is 2.19. The molecule has 3 N–H and O–H groups in total. The van der Waals surface area contributed by atoms with Crippen molar-refractivity contribution >= 4 is 5.91 Å². The van der Waals surface area contributed by atoms with E-state index >= 15 is 0 Å². The molecule has 4 heteroatoms. The fourth-order valence-corrected chi connectivity index (χ4v) is 2.35. The average Bonchev–Trinajstić information content (AvgIpc) is 2.46. The largest absolute Gasteiger partial charge is 0.382 e. The number of carbonyl (C=O) groups is 1. The third kappa shape index (κ3) is 3.76. The molecule has 0 saturated heterocycles. The molecular formula is C12H24N2O2. The molecular weight excluding hydrogens is 204 g/mol. The summed E-state index contributed by atoms with van der Waals surface area (Å²) in [5.41, 5.74) is 4.70. The van der Waals surface area contributed by atoms with E-state index in [9.17, 15) is 4.79 Å². The molecule has 0 spiro atoms. The fourth-order valence-electron chi connectivity index (χ4n) is 2.35. The summed E-state index contributed by atoms with van der Waals surface area (Å²) in [6.45, 7) is 2.16. The van der Waals surface area contributed by atoms with Gasteiger partial charge in [0.05, 0.1) is 6.61 Å². The van der Waals surface area contributed by atoms with Crippen molar-refractivity contribution in [2.24, 2.45) is 5.73 Å². The van der Waals surface area contributed by atoms with Crippen LogP contribution >= 0.6 is 0 Å². The molecule has 0 aliphatic heterocycles. The molecule has 0 aromatic carbocycles. The lowest BCUT2D eigenvalue weighted by molar-refractivity contribution is -0.126. The zero-order chi connectivity index (χ0) is 12.0. The maximum atomic E-state index is 11.5. The van der Waals surface area contributed by atoms with E-state index < -0.39 is 5.54 Å². The summed E-state index contributed by atoms with van der Waals surface area (Å²) in [4.78, 5) is 11.5. The minimum atomic E-state index is -0.732. The van der Waals surface area contributed by atoms with Gasteiger partial charge in [0.2, 0.25) is 5.91 Å². The van der Waals surface area contributed by atoms with Gasteiger partial charge in [-0.2, -0.15) is 0 Å². The van der Waals surface area contributed by atoms with Crippen LogP contribution in [0.15, 0.2) is 0 Å². The van der Waals surface area contributed by atoms with E-state index in [-0.39, 0.29) is 5.91 Å². The van der Waals surface area contributed by atoms with Crippen LogP contribution in [0.25, 0.3) is 0 Å². The lowest BCUT2D eigenvalue weighted by Crippen LogP contribution is -2.59. The molecule has 0 heterocycles. The molecule has 0 aromatic rings. The van der Waals surface area contributed by atoms with E-state index in [0.717, 1.165) is 12.8 Å². The number of nitrogens with two attached hydrogens (primary N) is 1. The monoisotopic (exact) mass is 228 g/mol. The van der Waals surface area contributed by atoms with Crippen LogP contribution in [-0.2, 0) is 9.53 Å². The Morgan fingerprint density at radius 2 is 1.94 bits per heavy atom. The molecule has 1 rings (SSSR count). The van der Waals surface area contributed by atoms with E-state index in [1.807, 2.05) is 6.92 Å². The second kappa shape index (κ2) is 6.21. The zero-order valence-electron chi connectivity index (χ0n) is 10.4. The third-order valence-electron chi connectivity index (χ3n) is 3.35.